The van der Waals surface area contributed by atoms with Crippen molar-refractivity contribution in [1.29, 1.82) is 0 Å². The molecule has 4 aromatic rings. The summed E-state index contributed by atoms with van der Waals surface area (Å²) in [5.41, 5.74) is 13.1. The zero-order valence-corrected chi connectivity index (χ0v) is 51.8. The van der Waals surface area contributed by atoms with Crippen molar-refractivity contribution in [3.8, 4) is 17.2 Å². The van der Waals surface area contributed by atoms with Gasteiger partial charge >= 0.3 is 5.97 Å². The number of benzene rings is 3. The number of carbonyl (C=O) groups is 1. The molecule has 0 saturated heterocycles. The molecule has 7 aliphatic carbocycles. The van der Waals surface area contributed by atoms with Crippen LogP contribution in [-0.2, 0) is 29.0 Å². The Kier molecular flexibility index (Phi) is 13.8. The van der Waals surface area contributed by atoms with Gasteiger partial charge < -0.3 is 66.0 Å². The fourth-order valence-electron chi connectivity index (χ4n) is 21.3. The third-order valence-electron chi connectivity index (χ3n) is 25.2. The summed E-state index contributed by atoms with van der Waals surface area (Å²) in [5.74, 6) is -3.41. The Morgan fingerprint density at radius 1 is 0.933 bits per heavy atom. The first-order chi connectivity index (χ1) is 43.4. The van der Waals surface area contributed by atoms with Crippen molar-refractivity contribution in [1.82, 2.24) is 16.0 Å². The second-order valence-corrected chi connectivity index (χ2v) is 29.6. The van der Waals surface area contributed by atoms with Crippen LogP contribution in [0.15, 0.2) is 121 Å². The number of hydrogen-bond donors (Lipinski definition) is 11. The number of allylic oxidation sites excluding steroid dienone is 5. The van der Waals surface area contributed by atoms with E-state index in [0.29, 0.717) is 81.3 Å². The van der Waals surface area contributed by atoms with E-state index in [9.17, 15) is 40.5 Å². The first-order valence-electron chi connectivity index (χ1n) is 33.6. The molecule has 6 heterocycles. The van der Waals surface area contributed by atoms with Crippen molar-refractivity contribution >= 4 is 16.9 Å². The summed E-state index contributed by atoms with van der Waals surface area (Å²) < 4.78 is 21.9. The minimum absolute atomic E-state index is 0.0164. The predicted octanol–water partition coefficient (Wildman–Crippen LogP) is 9.40. The molecule has 16 nitrogen and oxygen atoms in total. The molecule has 12 aliphatic rings. The number of aryl methyl sites for hydroxylation is 1. The van der Waals surface area contributed by atoms with Crippen molar-refractivity contribution in [2.24, 2.45) is 40.7 Å². The van der Waals surface area contributed by atoms with Crippen LogP contribution in [0.2, 0.25) is 0 Å². The molecule has 1 aromatic heterocycles. The van der Waals surface area contributed by atoms with E-state index in [-0.39, 0.29) is 99.9 Å². The molecular weight excluding hydrogens is 1140 g/mol. The summed E-state index contributed by atoms with van der Waals surface area (Å²) in [6.07, 6.45) is 19.5. The molecule has 4 saturated carbocycles. The van der Waals surface area contributed by atoms with Crippen LogP contribution in [0, 0.1) is 35.0 Å². The maximum Gasteiger partial charge on any atom is 0.337 e. The van der Waals surface area contributed by atoms with E-state index in [4.69, 9.17) is 19.6 Å². The Balaban J connectivity index is 0.861. The zero-order valence-electron chi connectivity index (χ0n) is 51.8. The van der Waals surface area contributed by atoms with Gasteiger partial charge in [0.15, 0.2) is 5.43 Å². The molecule has 0 amide bonds. The van der Waals surface area contributed by atoms with Crippen LogP contribution in [0.5, 0.6) is 17.2 Å². The number of phenolic OH excluding ortho intramolecular Hbond substituents is 2. The second-order valence-electron chi connectivity index (χ2n) is 29.6. The molecule has 0 radical (unpaired) electrons. The Hall–Kier alpha value is -6.66. The number of carbonyl (C=O) groups excluding carboxylic acids is 1. The fraction of sp³-hybridized carbons (Fsp3) is 0.541. The number of nitrogens with one attached hydrogen (secondary N) is 3. The number of nitrogens with two attached hydrogens (primary N) is 1. The number of phenols is 2. The Bertz CT molecular complexity index is 3970. The molecule has 17 atom stereocenters. The van der Waals surface area contributed by atoms with Crippen LogP contribution < -0.4 is 31.8 Å². The summed E-state index contributed by atoms with van der Waals surface area (Å²) in [7, 11) is 0. The van der Waals surface area contributed by atoms with Crippen molar-refractivity contribution in [2.45, 2.75) is 201 Å². The number of hydrogen-bond acceptors (Lipinski definition) is 16. The Morgan fingerprint density at radius 2 is 1.77 bits per heavy atom. The van der Waals surface area contributed by atoms with Crippen LogP contribution in [-0.4, -0.2) is 90.0 Å². The predicted molar refractivity (Wildman–Crippen MR) is 338 cm³/mol. The van der Waals surface area contributed by atoms with Crippen LogP contribution in [0.1, 0.15) is 192 Å². The summed E-state index contributed by atoms with van der Waals surface area (Å²) in [6, 6.07) is 12.9. The van der Waals surface area contributed by atoms with Gasteiger partial charge in [0.2, 0.25) is 0 Å². The van der Waals surface area contributed by atoms with Gasteiger partial charge in [0.25, 0.3) is 0 Å². The number of ether oxygens (including phenoxy) is 2. The molecule has 474 valence electrons. The number of esters is 1. The maximum absolute atomic E-state index is 16.2. The summed E-state index contributed by atoms with van der Waals surface area (Å²) >= 11 is 0. The molecule has 1 spiro atoms. The molecule has 4 fully saturated rings. The van der Waals surface area contributed by atoms with E-state index < -0.39 is 82.5 Å². The summed E-state index contributed by atoms with van der Waals surface area (Å²) in [5, 5.41) is 96.8. The standard InChI is InChI=1S/C74H86N4O12/c1-4-55(74(87)31-38-24-42(74)25-39-30-72(67(84)51-10-7-9-46(38)59(39)51)22-19-41-8-5-6-21-73(41,86)35-72)70(85)89-58-29-53-64(83)62-57(82)28-44(33-79)88-66(62)63-60-50-20-23-76-68(75)61(50)48(16-13-37-12-14-43(81)27-52(37)54(60)34-80)47-18-17-45-40(26-56(47)71(58,3)90-65(53)63)32-77-69-49(45)15-11-36(2)78-69/h4,7,9-12,14-15,20,27-28,32,36,38-39,41-42,47-48,54,56,58,60,67,69,76-81,83-84,86-87H,5-6,8,13,16-19,21-26,29-31,33-35,75H2,1-3H3. The number of aliphatic hydroxyl groups is 5. The highest BCUT2D eigenvalue weighted by Crippen LogP contribution is 2.67. The largest absolute Gasteiger partial charge is 0.508 e. The fourth-order valence-corrected chi connectivity index (χ4v) is 21.3. The number of aliphatic hydroxyl groups excluding tert-OH is 3. The van der Waals surface area contributed by atoms with Crippen molar-refractivity contribution < 1.29 is 54.4 Å². The molecule has 17 unspecified atom stereocenters. The van der Waals surface area contributed by atoms with Gasteiger partial charge in [0, 0.05) is 65.6 Å². The first-order valence-corrected chi connectivity index (χ1v) is 33.6. The summed E-state index contributed by atoms with van der Waals surface area (Å²) in [4.78, 5) is 31.0. The minimum atomic E-state index is -1.62. The van der Waals surface area contributed by atoms with Gasteiger partial charge in [-0.3, -0.25) is 10.1 Å². The molecule has 90 heavy (non-hydrogen) atoms. The lowest BCUT2D eigenvalue weighted by Gasteiger charge is -2.56. The van der Waals surface area contributed by atoms with Gasteiger partial charge in [-0.2, -0.15) is 0 Å². The van der Waals surface area contributed by atoms with Gasteiger partial charge in [-0.15, -0.1) is 0 Å². The lowest BCUT2D eigenvalue weighted by molar-refractivity contribution is -0.172. The van der Waals surface area contributed by atoms with Gasteiger partial charge in [0.05, 0.1) is 29.5 Å². The molecule has 3 aromatic carbocycles. The third-order valence-corrected chi connectivity index (χ3v) is 25.2. The normalized spacial score (nSPS) is 37.9. The monoisotopic (exact) mass is 1220 g/mol. The van der Waals surface area contributed by atoms with Crippen LogP contribution in [0.25, 0.3) is 11.0 Å². The van der Waals surface area contributed by atoms with Gasteiger partial charge in [-0.1, -0.05) is 61.4 Å². The van der Waals surface area contributed by atoms with Gasteiger partial charge in [-0.25, -0.2) is 4.79 Å². The average molecular weight is 1220 g/mol. The molecule has 6 bridgehead atoms. The number of aromatic hydroxyl groups is 2. The Morgan fingerprint density at radius 3 is 2.59 bits per heavy atom. The van der Waals surface area contributed by atoms with Crippen molar-refractivity contribution in [3.05, 3.63) is 167 Å². The highest BCUT2D eigenvalue weighted by molar-refractivity contribution is 5.93. The molecule has 16 heteroatoms. The third kappa shape index (κ3) is 8.58. The number of rotatable bonds is 5. The van der Waals surface area contributed by atoms with Crippen LogP contribution >= 0.6 is 0 Å². The van der Waals surface area contributed by atoms with E-state index in [1.165, 1.54) is 17.2 Å². The number of dihydropyridines is 2. The lowest BCUT2D eigenvalue weighted by Crippen LogP contribution is -2.59. The topological polar surface area (TPSA) is 269 Å². The quantitative estimate of drug-likeness (QED) is 0.0656. The molecule has 12 N–H and O–H groups in total. The second kappa shape index (κ2) is 21.2. The van der Waals surface area contributed by atoms with Crippen molar-refractivity contribution in [3.63, 3.8) is 0 Å². The highest BCUT2D eigenvalue weighted by Gasteiger charge is 2.62. The SMILES string of the molecule is CC=C(C(=O)OC1Cc2c3c(c4oc(CO)cc(=O)c4c2O)C2C4=CCNC(N)=C4C(CCc4ccc(O)cc4C2CO)C2CCC4=C5C=CC(C)NC5NC=C4CC2C1(C)O3)C1(O)CC2CC1CC1CC3(CCC4CCCCC4(O)C3)C(O)c3cccc2c31. The highest BCUT2D eigenvalue weighted by atomic mass is 16.6. The van der Waals surface area contributed by atoms with Crippen LogP contribution in [0.3, 0.4) is 0 Å². The van der Waals surface area contributed by atoms with E-state index >= 15 is 4.79 Å². The zero-order chi connectivity index (χ0) is 62.1. The Labute approximate surface area is 524 Å². The molecule has 16 rings (SSSR count). The van der Waals surface area contributed by atoms with E-state index in [2.05, 4.69) is 59.4 Å². The lowest BCUT2D eigenvalue weighted by atomic mass is 9.51. The smallest absolute Gasteiger partial charge is 0.337 e. The minimum Gasteiger partial charge on any atom is -0.508 e. The average Bonchev–Trinajstić information content (AvgIpc) is 1.01. The molecule has 5 aliphatic heterocycles. The van der Waals surface area contributed by atoms with Crippen molar-refractivity contribution in [2.75, 3.05) is 13.2 Å². The summed E-state index contributed by atoms with van der Waals surface area (Å²) in [6.45, 7) is 5.23. The van der Waals surface area contributed by atoms with E-state index in [1.54, 1.807) is 25.1 Å². The first kappa shape index (κ1) is 58.4. The number of fused-ring (bicyclic) bond motifs is 14. The van der Waals surface area contributed by atoms with Gasteiger partial charge in [-0.05, 0) is 214 Å². The van der Waals surface area contributed by atoms with E-state index in [1.807, 2.05) is 19.1 Å². The van der Waals surface area contributed by atoms with Crippen LogP contribution in [0.4, 0.5) is 0 Å². The van der Waals surface area contributed by atoms with Gasteiger partial charge in [0.1, 0.15) is 64.3 Å². The maximum atomic E-state index is 16.2. The molecular formula is C74H86N4O12. The van der Waals surface area contributed by atoms with E-state index in [0.717, 1.165) is 77.5 Å².